The molecular weight excluding hydrogens is 377 g/mol. The number of aliphatic carboxylic acids is 1. The summed E-state index contributed by atoms with van der Waals surface area (Å²) in [6.45, 7) is 5.56. The molecule has 28 heavy (non-hydrogen) atoms. The third-order valence-corrected chi connectivity index (χ3v) is 4.40. The number of rotatable bonds is 4. The molecule has 0 aromatic heterocycles. The van der Waals surface area contributed by atoms with E-state index in [1.54, 1.807) is 26.8 Å². The number of carboxylic acids is 1. The van der Waals surface area contributed by atoms with Crippen molar-refractivity contribution < 1.29 is 32.6 Å². The van der Waals surface area contributed by atoms with Crippen LogP contribution in [0.1, 0.15) is 38.3 Å². The van der Waals surface area contributed by atoms with Gasteiger partial charge in [-0.05, 0) is 38.8 Å². The van der Waals surface area contributed by atoms with Gasteiger partial charge in [0, 0.05) is 25.7 Å². The number of hydrogen-bond donors (Lipinski definition) is 2. The topological polar surface area (TPSA) is 78.9 Å². The Balaban J connectivity index is 2.01. The fourth-order valence-corrected chi connectivity index (χ4v) is 3.05. The first-order valence-electron chi connectivity index (χ1n) is 8.97. The number of nitrogens with zero attached hydrogens (tertiary/aromatic N) is 1. The molecule has 1 aliphatic rings. The third kappa shape index (κ3) is 6.12. The first-order valence-corrected chi connectivity index (χ1v) is 8.97. The van der Waals surface area contributed by atoms with E-state index in [4.69, 9.17) is 4.74 Å². The number of benzene rings is 1. The van der Waals surface area contributed by atoms with Gasteiger partial charge in [0.2, 0.25) is 0 Å². The van der Waals surface area contributed by atoms with Gasteiger partial charge < -0.3 is 20.1 Å². The molecule has 0 aliphatic carbocycles. The average Bonchev–Trinajstić information content (AvgIpc) is 2.57. The minimum Gasteiger partial charge on any atom is -0.481 e. The highest BCUT2D eigenvalue weighted by atomic mass is 19.4. The molecule has 2 atom stereocenters. The van der Waals surface area contributed by atoms with Crippen molar-refractivity contribution >= 4 is 12.1 Å². The third-order valence-electron chi connectivity index (χ3n) is 4.40. The predicted molar refractivity (Wildman–Crippen MR) is 95.6 cm³/mol. The summed E-state index contributed by atoms with van der Waals surface area (Å²) in [6, 6.07) is 4.43. The van der Waals surface area contributed by atoms with Crippen LogP contribution in [0.15, 0.2) is 24.3 Å². The number of hydrogen-bond acceptors (Lipinski definition) is 4. The number of carbonyl (C=O) groups is 2. The highest BCUT2D eigenvalue weighted by Crippen LogP contribution is 2.29. The molecule has 0 saturated carbocycles. The maximum atomic E-state index is 12.8. The smallest absolute Gasteiger partial charge is 0.416 e. The largest absolute Gasteiger partial charge is 0.481 e. The van der Waals surface area contributed by atoms with Gasteiger partial charge in [0.25, 0.3) is 0 Å². The van der Waals surface area contributed by atoms with Gasteiger partial charge in [-0.15, -0.1) is 0 Å². The maximum absolute atomic E-state index is 12.8. The summed E-state index contributed by atoms with van der Waals surface area (Å²) in [6.07, 6.45) is -4.65. The van der Waals surface area contributed by atoms with Gasteiger partial charge in [-0.3, -0.25) is 4.79 Å². The van der Waals surface area contributed by atoms with Crippen molar-refractivity contribution in [1.29, 1.82) is 0 Å². The van der Waals surface area contributed by atoms with Gasteiger partial charge >= 0.3 is 18.2 Å². The van der Waals surface area contributed by atoms with E-state index in [2.05, 4.69) is 5.32 Å². The van der Waals surface area contributed by atoms with Crippen molar-refractivity contribution in [3.63, 3.8) is 0 Å². The Morgan fingerprint density at radius 3 is 2.54 bits per heavy atom. The second-order valence-electron chi connectivity index (χ2n) is 7.85. The molecule has 0 bridgehead atoms. The van der Waals surface area contributed by atoms with Crippen molar-refractivity contribution in [3.05, 3.63) is 35.4 Å². The number of carboxylic acid groups (broad SMARTS) is 1. The number of carbonyl (C=O) groups excluding carboxylic acids is 1. The molecule has 1 fully saturated rings. The van der Waals surface area contributed by atoms with Crippen LogP contribution in [0.5, 0.6) is 0 Å². The molecule has 0 spiro atoms. The Kier molecular flexibility index (Phi) is 6.59. The molecule has 2 rings (SSSR count). The van der Waals surface area contributed by atoms with Gasteiger partial charge in [0.1, 0.15) is 5.60 Å². The normalized spacial score (nSPS) is 20.7. The van der Waals surface area contributed by atoms with E-state index < -0.39 is 41.4 Å². The van der Waals surface area contributed by atoms with Crippen molar-refractivity contribution in [3.8, 4) is 0 Å². The van der Waals surface area contributed by atoms with Crippen LogP contribution in [0.4, 0.5) is 18.0 Å². The summed E-state index contributed by atoms with van der Waals surface area (Å²) in [5.74, 6) is -1.96. The van der Waals surface area contributed by atoms with Crippen LogP contribution < -0.4 is 5.32 Å². The van der Waals surface area contributed by atoms with Crippen LogP contribution in [0.25, 0.3) is 0 Å². The second kappa shape index (κ2) is 8.38. The number of ether oxygens (including phenoxy) is 1. The monoisotopic (exact) mass is 402 g/mol. The van der Waals surface area contributed by atoms with Gasteiger partial charge in [-0.25, -0.2) is 4.79 Å². The number of likely N-dealkylation sites (tertiary alicyclic amines) is 1. The molecule has 9 heteroatoms. The van der Waals surface area contributed by atoms with E-state index in [1.807, 2.05) is 0 Å². The lowest BCUT2D eigenvalue weighted by molar-refractivity contribution is -0.144. The second-order valence-corrected chi connectivity index (χ2v) is 7.85. The molecule has 1 amide bonds. The summed E-state index contributed by atoms with van der Waals surface area (Å²) in [5.41, 5.74) is -1.02. The highest BCUT2D eigenvalue weighted by Gasteiger charge is 2.37. The van der Waals surface area contributed by atoms with Crippen LogP contribution in [0, 0.1) is 5.92 Å². The van der Waals surface area contributed by atoms with Crippen molar-refractivity contribution in [2.75, 3.05) is 13.1 Å². The Morgan fingerprint density at radius 2 is 1.96 bits per heavy atom. The Morgan fingerprint density at radius 1 is 1.29 bits per heavy atom. The molecule has 1 saturated heterocycles. The first kappa shape index (κ1) is 22.0. The van der Waals surface area contributed by atoms with E-state index in [0.29, 0.717) is 18.5 Å². The molecule has 1 heterocycles. The lowest BCUT2D eigenvalue weighted by Crippen LogP contribution is -2.54. The van der Waals surface area contributed by atoms with E-state index in [1.165, 1.54) is 11.0 Å². The predicted octanol–water partition coefficient (Wildman–Crippen LogP) is 3.51. The van der Waals surface area contributed by atoms with E-state index in [0.717, 1.165) is 12.1 Å². The Bertz CT molecular complexity index is 716. The number of nitrogens with one attached hydrogen (secondary N) is 1. The fraction of sp³-hybridized carbons (Fsp3) is 0.579. The van der Waals surface area contributed by atoms with Crippen LogP contribution >= 0.6 is 0 Å². The molecule has 0 radical (unpaired) electrons. The lowest BCUT2D eigenvalue weighted by atomic mass is 9.92. The summed E-state index contributed by atoms with van der Waals surface area (Å²) in [4.78, 5) is 25.2. The zero-order chi connectivity index (χ0) is 21.1. The van der Waals surface area contributed by atoms with Gasteiger partial charge in [0.05, 0.1) is 11.5 Å². The van der Waals surface area contributed by atoms with Crippen molar-refractivity contribution in [2.24, 2.45) is 5.92 Å². The minimum atomic E-state index is -4.43. The summed E-state index contributed by atoms with van der Waals surface area (Å²) < 4.78 is 43.7. The standard InChI is InChI=1S/C19H25F3N2O4/c1-18(2,3)28-17(27)24-8-7-15(14(11-24)16(25)26)23-10-12-5-4-6-13(9-12)19(20,21)22/h4-6,9,14-15,23H,7-8,10-11H2,1-3H3,(H,25,26)/t14-,15-/m0/s1. The molecule has 1 aliphatic heterocycles. The molecule has 6 nitrogen and oxygen atoms in total. The molecule has 2 N–H and O–H groups in total. The summed E-state index contributed by atoms with van der Waals surface area (Å²) >= 11 is 0. The Hall–Kier alpha value is -2.29. The Labute approximate surface area is 161 Å². The fourth-order valence-electron chi connectivity index (χ4n) is 3.05. The van der Waals surface area contributed by atoms with E-state index in [-0.39, 0.29) is 13.1 Å². The highest BCUT2D eigenvalue weighted by molar-refractivity contribution is 5.74. The van der Waals surface area contributed by atoms with Gasteiger partial charge in [-0.2, -0.15) is 13.2 Å². The average molecular weight is 402 g/mol. The molecule has 1 aromatic carbocycles. The molecule has 0 unspecified atom stereocenters. The molecular formula is C19H25F3N2O4. The zero-order valence-electron chi connectivity index (χ0n) is 16.0. The van der Waals surface area contributed by atoms with E-state index in [9.17, 15) is 27.9 Å². The van der Waals surface area contributed by atoms with Gasteiger partial charge in [-0.1, -0.05) is 18.2 Å². The SMILES string of the molecule is CC(C)(C)OC(=O)N1CC[C@H](NCc2cccc(C(F)(F)F)c2)[C@@H](C(=O)O)C1. The molecule has 1 aromatic rings. The lowest BCUT2D eigenvalue weighted by Gasteiger charge is -2.37. The zero-order valence-corrected chi connectivity index (χ0v) is 16.0. The minimum absolute atomic E-state index is 0.0233. The quantitative estimate of drug-likeness (QED) is 0.806. The summed E-state index contributed by atoms with van der Waals surface area (Å²) in [5, 5.41) is 12.5. The summed E-state index contributed by atoms with van der Waals surface area (Å²) in [7, 11) is 0. The maximum Gasteiger partial charge on any atom is 0.416 e. The molecule has 156 valence electrons. The number of halogens is 3. The first-order chi connectivity index (χ1) is 12.9. The van der Waals surface area contributed by atoms with E-state index >= 15 is 0 Å². The van der Waals surface area contributed by atoms with Crippen molar-refractivity contribution in [2.45, 2.75) is 51.6 Å². The van der Waals surface area contributed by atoms with Crippen LogP contribution in [-0.2, 0) is 22.3 Å². The number of alkyl halides is 3. The number of amides is 1. The van der Waals surface area contributed by atoms with Crippen LogP contribution in [-0.4, -0.2) is 46.8 Å². The van der Waals surface area contributed by atoms with Crippen molar-refractivity contribution in [1.82, 2.24) is 10.2 Å². The number of piperidine rings is 1. The van der Waals surface area contributed by atoms with Gasteiger partial charge in [0.15, 0.2) is 0 Å². The van der Waals surface area contributed by atoms with Crippen LogP contribution in [0.2, 0.25) is 0 Å². The van der Waals surface area contributed by atoms with Crippen LogP contribution in [0.3, 0.4) is 0 Å².